The van der Waals surface area contributed by atoms with Crippen LogP contribution in [0.1, 0.15) is 22.9 Å². The molecule has 84 valence electrons. The predicted molar refractivity (Wildman–Crippen MR) is 58.6 cm³/mol. The molecule has 1 atom stereocenters. The van der Waals surface area contributed by atoms with Crippen molar-refractivity contribution >= 4 is 0 Å². The standard InChI is InChI=1S/C11H14N4O/c1-8-6-12-4-3-10(8)11(16)5-9-7-15(2)14-13-9/h3-4,6-7,11,16H,5H2,1-2H3. The third-order valence-corrected chi connectivity index (χ3v) is 2.48. The lowest BCUT2D eigenvalue weighted by molar-refractivity contribution is 0.176. The molecular formula is C11H14N4O. The van der Waals surface area contributed by atoms with E-state index in [9.17, 15) is 5.11 Å². The largest absolute Gasteiger partial charge is 0.388 e. The molecule has 16 heavy (non-hydrogen) atoms. The van der Waals surface area contributed by atoms with Crippen LogP contribution in [0.3, 0.4) is 0 Å². The van der Waals surface area contributed by atoms with Crippen LogP contribution < -0.4 is 0 Å². The first-order valence-corrected chi connectivity index (χ1v) is 5.10. The second kappa shape index (κ2) is 4.40. The average Bonchev–Trinajstić information content (AvgIpc) is 2.64. The monoisotopic (exact) mass is 218 g/mol. The Kier molecular flexibility index (Phi) is 2.96. The highest BCUT2D eigenvalue weighted by molar-refractivity contribution is 5.24. The summed E-state index contributed by atoms with van der Waals surface area (Å²) in [6, 6.07) is 1.83. The van der Waals surface area contributed by atoms with Crippen LogP contribution in [-0.4, -0.2) is 25.1 Å². The van der Waals surface area contributed by atoms with Crippen LogP contribution in [0, 0.1) is 6.92 Å². The maximum atomic E-state index is 10.1. The summed E-state index contributed by atoms with van der Waals surface area (Å²) >= 11 is 0. The number of nitrogens with zero attached hydrogens (tertiary/aromatic N) is 4. The normalized spacial score (nSPS) is 12.7. The summed E-state index contributed by atoms with van der Waals surface area (Å²) in [6.07, 6.45) is 5.15. The first-order valence-electron chi connectivity index (χ1n) is 5.10. The number of hydrogen-bond donors (Lipinski definition) is 1. The summed E-state index contributed by atoms with van der Waals surface area (Å²) in [5.74, 6) is 0. The molecule has 5 heteroatoms. The van der Waals surface area contributed by atoms with E-state index in [4.69, 9.17) is 0 Å². The van der Waals surface area contributed by atoms with Gasteiger partial charge in [0.05, 0.1) is 11.8 Å². The van der Waals surface area contributed by atoms with Gasteiger partial charge < -0.3 is 5.11 Å². The number of rotatable bonds is 3. The molecule has 1 unspecified atom stereocenters. The summed E-state index contributed by atoms with van der Waals surface area (Å²) in [5, 5.41) is 17.8. The van der Waals surface area contributed by atoms with Crippen LogP contribution in [0.15, 0.2) is 24.7 Å². The van der Waals surface area contributed by atoms with Gasteiger partial charge >= 0.3 is 0 Å². The van der Waals surface area contributed by atoms with Crippen LogP contribution >= 0.6 is 0 Å². The topological polar surface area (TPSA) is 63.8 Å². The quantitative estimate of drug-likeness (QED) is 0.827. The summed E-state index contributed by atoms with van der Waals surface area (Å²) in [5.41, 5.74) is 2.66. The van der Waals surface area contributed by atoms with Crippen molar-refractivity contribution in [2.24, 2.45) is 7.05 Å². The fourth-order valence-corrected chi connectivity index (χ4v) is 1.65. The fraction of sp³-hybridized carbons (Fsp3) is 0.364. The minimum absolute atomic E-state index is 0.471. The highest BCUT2D eigenvalue weighted by Crippen LogP contribution is 2.19. The first-order chi connectivity index (χ1) is 7.66. The molecular weight excluding hydrogens is 204 g/mol. The Labute approximate surface area is 93.8 Å². The summed E-state index contributed by atoms with van der Waals surface area (Å²) < 4.78 is 1.63. The molecule has 0 amide bonds. The molecule has 2 rings (SSSR count). The van der Waals surface area contributed by atoms with Crippen LogP contribution in [0.5, 0.6) is 0 Å². The molecule has 0 fully saturated rings. The minimum atomic E-state index is -0.556. The molecule has 1 N–H and O–H groups in total. The van der Waals surface area contributed by atoms with Gasteiger partial charge in [-0.15, -0.1) is 5.10 Å². The molecule has 0 aromatic carbocycles. The Morgan fingerprint density at radius 1 is 1.50 bits per heavy atom. The summed E-state index contributed by atoms with van der Waals surface area (Å²) in [7, 11) is 1.81. The fourth-order valence-electron chi connectivity index (χ4n) is 1.65. The molecule has 2 aromatic rings. The maximum absolute atomic E-state index is 10.1. The number of aromatic nitrogens is 4. The number of hydrogen-bond acceptors (Lipinski definition) is 4. The van der Waals surface area contributed by atoms with Crippen molar-refractivity contribution in [1.29, 1.82) is 0 Å². The van der Waals surface area contributed by atoms with E-state index < -0.39 is 6.10 Å². The van der Waals surface area contributed by atoms with Crippen LogP contribution in [0.4, 0.5) is 0 Å². The molecule has 0 spiro atoms. The Morgan fingerprint density at radius 2 is 2.31 bits per heavy atom. The number of pyridine rings is 1. The van der Waals surface area contributed by atoms with Crippen LogP contribution in [0.2, 0.25) is 0 Å². The molecule has 0 aliphatic carbocycles. The zero-order chi connectivity index (χ0) is 11.5. The van der Waals surface area contributed by atoms with E-state index in [1.54, 1.807) is 30.3 Å². The van der Waals surface area contributed by atoms with Crippen molar-refractivity contribution in [1.82, 2.24) is 20.0 Å². The van der Waals surface area contributed by atoms with E-state index >= 15 is 0 Å². The van der Waals surface area contributed by atoms with Gasteiger partial charge in [0.15, 0.2) is 0 Å². The number of aliphatic hydroxyl groups is 1. The van der Waals surface area contributed by atoms with E-state index in [2.05, 4.69) is 15.3 Å². The highest BCUT2D eigenvalue weighted by Gasteiger charge is 2.12. The van der Waals surface area contributed by atoms with Gasteiger partial charge in [0, 0.05) is 32.1 Å². The lowest BCUT2D eigenvalue weighted by atomic mass is 10.0. The molecule has 0 saturated heterocycles. The zero-order valence-electron chi connectivity index (χ0n) is 9.33. The van der Waals surface area contributed by atoms with Gasteiger partial charge in [0.25, 0.3) is 0 Å². The number of aliphatic hydroxyl groups excluding tert-OH is 1. The van der Waals surface area contributed by atoms with Crippen molar-refractivity contribution in [3.05, 3.63) is 41.5 Å². The van der Waals surface area contributed by atoms with Gasteiger partial charge in [0.1, 0.15) is 0 Å². The van der Waals surface area contributed by atoms with Crippen LogP contribution in [0.25, 0.3) is 0 Å². The van der Waals surface area contributed by atoms with Gasteiger partial charge in [-0.3, -0.25) is 9.67 Å². The third kappa shape index (κ3) is 2.25. The van der Waals surface area contributed by atoms with Crippen molar-refractivity contribution < 1.29 is 5.11 Å². The van der Waals surface area contributed by atoms with Gasteiger partial charge in [-0.05, 0) is 24.1 Å². The van der Waals surface area contributed by atoms with Crippen molar-refractivity contribution in [2.45, 2.75) is 19.4 Å². The molecule has 2 heterocycles. The molecule has 2 aromatic heterocycles. The zero-order valence-corrected chi connectivity index (χ0v) is 9.33. The lowest BCUT2D eigenvalue weighted by Crippen LogP contribution is -2.04. The molecule has 0 saturated carbocycles. The van der Waals surface area contributed by atoms with Crippen molar-refractivity contribution in [3.63, 3.8) is 0 Å². The SMILES string of the molecule is Cc1cnccc1C(O)Cc1cn(C)nn1. The second-order valence-electron chi connectivity index (χ2n) is 3.84. The minimum Gasteiger partial charge on any atom is -0.388 e. The van der Waals surface area contributed by atoms with Gasteiger partial charge in [-0.1, -0.05) is 5.21 Å². The maximum Gasteiger partial charge on any atom is 0.0856 e. The molecule has 0 aliphatic rings. The van der Waals surface area contributed by atoms with E-state index in [-0.39, 0.29) is 0 Å². The van der Waals surface area contributed by atoms with Crippen LogP contribution in [-0.2, 0) is 13.5 Å². The molecule has 5 nitrogen and oxygen atoms in total. The Morgan fingerprint density at radius 3 is 2.94 bits per heavy atom. The average molecular weight is 218 g/mol. The van der Waals surface area contributed by atoms with Gasteiger partial charge in [0.2, 0.25) is 0 Å². The first kappa shape index (κ1) is 10.8. The molecule has 0 radical (unpaired) electrons. The Hall–Kier alpha value is -1.75. The van der Waals surface area contributed by atoms with Crippen molar-refractivity contribution in [3.8, 4) is 0 Å². The van der Waals surface area contributed by atoms with E-state index in [1.165, 1.54) is 0 Å². The summed E-state index contributed by atoms with van der Waals surface area (Å²) in [4.78, 5) is 4.00. The van der Waals surface area contributed by atoms with E-state index in [1.807, 2.05) is 13.0 Å². The lowest BCUT2D eigenvalue weighted by Gasteiger charge is -2.11. The van der Waals surface area contributed by atoms with E-state index in [0.29, 0.717) is 6.42 Å². The molecule has 0 bridgehead atoms. The second-order valence-corrected chi connectivity index (χ2v) is 3.84. The predicted octanol–water partition coefficient (Wildman–Crippen LogP) is 0.795. The summed E-state index contributed by atoms with van der Waals surface area (Å²) in [6.45, 7) is 1.93. The highest BCUT2D eigenvalue weighted by atomic mass is 16.3. The van der Waals surface area contributed by atoms with Gasteiger partial charge in [-0.2, -0.15) is 0 Å². The molecule has 0 aliphatic heterocycles. The third-order valence-electron chi connectivity index (χ3n) is 2.48. The Balaban J connectivity index is 2.14. The van der Waals surface area contributed by atoms with Crippen molar-refractivity contribution in [2.75, 3.05) is 0 Å². The number of aryl methyl sites for hydroxylation is 2. The van der Waals surface area contributed by atoms with E-state index in [0.717, 1.165) is 16.8 Å². The Bertz CT molecular complexity index is 480. The van der Waals surface area contributed by atoms with Gasteiger partial charge in [-0.25, -0.2) is 0 Å². The smallest absolute Gasteiger partial charge is 0.0856 e.